The zero-order valence-electron chi connectivity index (χ0n) is 32.2. The van der Waals surface area contributed by atoms with Crippen LogP contribution < -0.4 is 21.3 Å². The Labute approximate surface area is 310 Å². The fourth-order valence-corrected chi connectivity index (χ4v) is 5.25. The third-order valence-electron chi connectivity index (χ3n) is 8.35. The molecule has 0 spiro atoms. The molecule has 2 heterocycles. The highest BCUT2D eigenvalue weighted by atomic mass is 16.6. The molecule has 0 bridgehead atoms. The molecule has 4 amide bonds. The Morgan fingerprint density at radius 2 is 1.25 bits per heavy atom. The van der Waals surface area contributed by atoms with Gasteiger partial charge in [-0.25, -0.2) is 0 Å². The minimum Gasteiger partial charge on any atom is -0.379 e. The smallest absolute Gasteiger partial charge is 0.243 e. The third kappa shape index (κ3) is 18.4. The topological polar surface area (TPSA) is 158 Å². The van der Waals surface area contributed by atoms with Gasteiger partial charge >= 0.3 is 0 Å². The largest absolute Gasteiger partial charge is 0.379 e. The van der Waals surface area contributed by atoms with E-state index in [4.69, 9.17) is 9.47 Å². The van der Waals surface area contributed by atoms with E-state index in [9.17, 15) is 24.0 Å². The molecule has 12 nitrogen and oxygen atoms in total. The van der Waals surface area contributed by atoms with E-state index in [1.807, 2.05) is 56.9 Å². The SMILES string of the molecule is CC(C)CC(NC(=O)CNC(=O)CN1CCOCC1)C(=O)NCC(=O)NC(CC(C)C)C(=O)C1(C)CO1.CCc1ccccc1.Cc1ccccc1. The molecule has 288 valence electrons. The van der Waals surface area contributed by atoms with Gasteiger partial charge in [-0.3, -0.25) is 28.9 Å². The minimum atomic E-state index is -0.872. The molecule has 4 rings (SSSR count). The molecule has 0 radical (unpaired) electrons. The van der Waals surface area contributed by atoms with Crippen LogP contribution in [0.2, 0.25) is 0 Å². The second-order valence-electron chi connectivity index (χ2n) is 14.3. The Kier molecular flexibility index (Phi) is 19.8. The van der Waals surface area contributed by atoms with Crippen LogP contribution in [0.15, 0.2) is 60.7 Å². The molecular formula is C40H61N5O7. The predicted molar refractivity (Wildman–Crippen MR) is 202 cm³/mol. The van der Waals surface area contributed by atoms with Crippen molar-refractivity contribution in [2.24, 2.45) is 11.8 Å². The van der Waals surface area contributed by atoms with E-state index in [1.54, 1.807) is 6.92 Å². The van der Waals surface area contributed by atoms with Crippen molar-refractivity contribution in [3.05, 3.63) is 71.8 Å². The van der Waals surface area contributed by atoms with Gasteiger partial charge in [0.1, 0.15) is 11.6 Å². The number of carbonyl (C=O) groups excluding carboxylic acids is 5. The van der Waals surface area contributed by atoms with Gasteiger partial charge in [-0.1, -0.05) is 101 Å². The Balaban J connectivity index is 0.000000507. The average Bonchev–Trinajstić information content (AvgIpc) is 3.88. The fraction of sp³-hybridized carbons (Fsp3) is 0.575. The zero-order valence-corrected chi connectivity index (χ0v) is 32.2. The quantitative estimate of drug-likeness (QED) is 0.192. The molecule has 4 N–H and O–H groups in total. The summed E-state index contributed by atoms with van der Waals surface area (Å²) in [5, 5.41) is 10.5. The molecule has 0 aromatic heterocycles. The van der Waals surface area contributed by atoms with Crippen molar-refractivity contribution in [1.29, 1.82) is 0 Å². The number of rotatable bonds is 16. The summed E-state index contributed by atoms with van der Waals surface area (Å²) in [5.74, 6) is -1.71. The van der Waals surface area contributed by atoms with Gasteiger partial charge in [0.2, 0.25) is 23.6 Å². The molecule has 52 heavy (non-hydrogen) atoms. The third-order valence-corrected chi connectivity index (χ3v) is 8.35. The molecule has 2 aliphatic heterocycles. The number of nitrogens with one attached hydrogen (secondary N) is 4. The van der Waals surface area contributed by atoms with Gasteiger partial charge in [-0.15, -0.1) is 0 Å². The number of morpholine rings is 1. The van der Waals surface area contributed by atoms with Gasteiger partial charge in [-0.05, 0) is 50.5 Å². The lowest BCUT2D eigenvalue weighted by atomic mass is 9.93. The molecular weight excluding hydrogens is 662 g/mol. The number of nitrogens with zero attached hydrogens (tertiary/aromatic N) is 1. The number of carbonyl (C=O) groups is 5. The van der Waals surface area contributed by atoms with Gasteiger partial charge in [0.25, 0.3) is 0 Å². The second-order valence-corrected chi connectivity index (χ2v) is 14.3. The maximum absolute atomic E-state index is 12.8. The highest BCUT2D eigenvalue weighted by Crippen LogP contribution is 2.29. The first-order valence-corrected chi connectivity index (χ1v) is 18.4. The molecule has 2 saturated heterocycles. The summed E-state index contributed by atoms with van der Waals surface area (Å²) < 4.78 is 10.5. The summed E-state index contributed by atoms with van der Waals surface area (Å²) in [7, 11) is 0. The number of ketones is 1. The molecule has 3 atom stereocenters. The number of Topliss-reactive ketones (excluding diaryl/α,β-unsaturated/α-hetero) is 1. The monoisotopic (exact) mass is 723 g/mol. The maximum atomic E-state index is 12.8. The molecule has 0 saturated carbocycles. The van der Waals surface area contributed by atoms with E-state index < -0.39 is 35.4 Å². The highest BCUT2D eigenvalue weighted by Gasteiger charge is 2.50. The number of aryl methyl sites for hydroxylation is 2. The molecule has 2 fully saturated rings. The van der Waals surface area contributed by atoms with Crippen LogP contribution >= 0.6 is 0 Å². The molecule has 2 aromatic carbocycles. The zero-order chi connectivity index (χ0) is 38.5. The normalized spacial score (nSPS) is 17.6. The Morgan fingerprint density at radius 1 is 0.750 bits per heavy atom. The van der Waals surface area contributed by atoms with Crippen molar-refractivity contribution in [1.82, 2.24) is 26.2 Å². The number of benzene rings is 2. The lowest BCUT2D eigenvalue weighted by Crippen LogP contribution is -2.53. The molecule has 12 heteroatoms. The van der Waals surface area contributed by atoms with Crippen LogP contribution in [0.4, 0.5) is 0 Å². The summed E-state index contributed by atoms with van der Waals surface area (Å²) >= 11 is 0. The van der Waals surface area contributed by atoms with Gasteiger partial charge in [0.05, 0.1) is 45.5 Å². The first-order valence-electron chi connectivity index (χ1n) is 18.4. The Bertz CT molecular complexity index is 1380. The van der Waals surface area contributed by atoms with Crippen molar-refractivity contribution < 1.29 is 33.4 Å². The maximum Gasteiger partial charge on any atom is 0.243 e. The molecule has 2 aliphatic rings. The van der Waals surface area contributed by atoms with E-state index in [1.165, 1.54) is 11.1 Å². The first-order chi connectivity index (χ1) is 24.7. The highest BCUT2D eigenvalue weighted by molar-refractivity contribution is 5.97. The lowest BCUT2D eigenvalue weighted by molar-refractivity contribution is -0.132. The van der Waals surface area contributed by atoms with Crippen LogP contribution in [0.3, 0.4) is 0 Å². The van der Waals surface area contributed by atoms with Gasteiger partial charge in [0.15, 0.2) is 5.78 Å². The minimum absolute atomic E-state index is 0.0908. The number of amides is 4. The summed E-state index contributed by atoms with van der Waals surface area (Å²) in [6.07, 6.45) is 1.95. The Morgan fingerprint density at radius 3 is 1.71 bits per heavy atom. The van der Waals surface area contributed by atoms with Crippen LogP contribution in [-0.2, 0) is 39.9 Å². The predicted octanol–water partition coefficient (Wildman–Crippen LogP) is 3.21. The van der Waals surface area contributed by atoms with Gasteiger partial charge in [-0.2, -0.15) is 0 Å². The fourth-order valence-electron chi connectivity index (χ4n) is 5.25. The van der Waals surface area contributed by atoms with Crippen molar-refractivity contribution in [2.75, 3.05) is 52.5 Å². The van der Waals surface area contributed by atoms with E-state index in [0.29, 0.717) is 45.8 Å². The van der Waals surface area contributed by atoms with Crippen molar-refractivity contribution in [3.8, 4) is 0 Å². The van der Waals surface area contributed by atoms with Crippen molar-refractivity contribution in [3.63, 3.8) is 0 Å². The number of hydrogen-bond donors (Lipinski definition) is 4. The van der Waals surface area contributed by atoms with Crippen molar-refractivity contribution in [2.45, 2.75) is 85.4 Å². The van der Waals surface area contributed by atoms with E-state index in [2.05, 4.69) is 71.5 Å². The standard InChI is InChI=1S/C25H43N5O7.C8H10.C7H8/c1-16(2)10-18(23(34)25(5)15-37-25)28-21(32)13-27-24(35)19(11-17(3)4)29-20(31)12-26-22(33)14-30-6-8-36-9-7-30;1-2-8-6-4-3-5-7-8;1-7-5-3-2-4-6-7/h16-19H,6-15H2,1-5H3,(H,26,33)(H,27,35)(H,28,32)(H,29,31);3-7H,2H2,1H3;2-6H,1H3. The van der Waals surface area contributed by atoms with Crippen LogP contribution in [0.25, 0.3) is 0 Å². The summed E-state index contributed by atoms with van der Waals surface area (Å²) in [6, 6.07) is 19.1. The average molecular weight is 724 g/mol. The molecule has 3 unspecified atom stereocenters. The molecule has 2 aromatic rings. The number of hydrogen-bond acceptors (Lipinski definition) is 8. The lowest BCUT2D eigenvalue weighted by Gasteiger charge is -2.25. The second kappa shape index (κ2) is 23.4. The van der Waals surface area contributed by atoms with Gasteiger partial charge in [0, 0.05) is 13.1 Å². The van der Waals surface area contributed by atoms with Crippen LogP contribution in [0, 0.1) is 18.8 Å². The number of epoxide rings is 1. The van der Waals surface area contributed by atoms with Crippen molar-refractivity contribution >= 4 is 29.4 Å². The number of ether oxygens (including phenoxy) is 2. The first kappa shape index (κ1) is 44.0. The van der Waals surface area contributed by atoms with Crippen LogP contribution in [0.1, 0.15) is 65.5 Å². The molecule has 0 aliphatic carbocycles. The van der Waals surface area contributed by atoms with E-state index >= 15 is 0 Å². The summed E-state index contributed by atoms with van der Waals surface area (Å²) in [4.78, 5) is 64.5. The van der Waals surface area contributed by atoms with Gasteiger partial charge < -0.3 is 30.7 Å². The summed E-state index contributed by atoms with van der Waals surface area (Å²) in [6.45, 7) is 16.0. The van der Waals surface area contributed by atoms with Crippen LogP contribution in [-0.4, -0.2) is 105 Å². The summed E-state index contributed by atoms with van der Waals surface area (Å²) in [5.41, 5.74) is 1.87. The van der Waals surface area contributed by atoms with E-state index in [0.717, 1.165) is 6.42 Å². The Hall–Kier alpha value is -4.13. The van der Waals surface area contributed by atoms with Crippen LogP contribution in [0.5, 0.6) is 0 Å². The van der Waals surface area contributed by atoms with E-state index in [-0.39, 0.29) is 43.2 Å².